The van der Waals surface area contributed by atoms with Gasteiger partial charge in [0.2, 0.25) is 0 Å². The molecule has 2 rings (SSSR count). The molecule has 0 aliphatic heterocycles. The van der Waals surface area contributed by atoms with Gasteiger partial charge in [-0.2, -0.15) is 0 Å². The minimum Gasteiger partial charge on any atom is -0.497 e. The van der Waals surface area contributed by atoms with E-state index in [0.717, 1.165) is 30.1 Å². The van der Waals surface area contributed by atoms with Crippen LogP contribution in [0.4, 0.5) is 0 Å². The van der Waals surface area contributed by atoms with E-state index in [1.165, 1.54) is 32.1 Å². The number of aromatic nitrogens is 3. The highest BCUT2D eigenvalue weighted by molar-refractivity contribution is 14.0. The molecular formula is C19H31IN6O. The SMILES string of the molecule is CCCCCCCCNC(N)=NCc1cn(-c2ccc(OC)cc2)nn1.I. The van der Waals surface area contributed by atoms with Gasteiger partial charge in [0.15, 0.2) is 5.96 Å². The third-order valence-corrected chi connectivity index (χ3v) is 4.13. The van der Waals surface area contributed by atoms with E-state index in [9.17, 15) is 0 Å². The smallest absolute Gasteiger partial charge is 0.188 e. The lowest BCUT2D eigenvalue weighted by molar-refractivity contribution is 0.414. The summed E-state index contributed by atoms with van der Waals surface area (Å²) in [6.07, 6.45) is 9.43. The Morgan fingerprint density at radius 1 is 1.15 bits per heavy atom. The van der Waals surface area contributed by atoms with Crippen molar-refractivity contribution in [2.75, 3.05) is 13.7 Å². The van der Waals surface area contributed by atoms with Crippen LogP contribution >= 0.6 is 24.0 Å². The monoisotopic (exact) mass is 486 g/mol. The Kier molecular flexibility index (Phi) is 11.5. The molecule has 1 aromatic carbocycles. The number of ether oxygens (including phenoxy) is 1. The molecule has 0 aliphatic rings. The number of unbranched alkanes of at least 4 members (excludes halogenated alkanes) is 5. The molecule has 0 saturated heterocycles. The molecule has 8 heteroatoms. The zero-order valence-electron chi connectivity index (χ0n) is 16.2. The van der Waals surface area contributed by atoms with Gasteiger partial charge in [-0.3, -0.25) is 0 Å². The lowest BCUT2D eigenvalue weighted by Gasteiger charge is -2.05. The minimum atomic E-state index is 0. The molecule has 0 radical (unpaired) electrons. The second-order valence-corrected chi connectivity index (χ2v) is 6.25. The standard InChI is InChI=1S/C19H30N6O.HI/c1-3-4-5-6-7-8-13-21-19(20)22-14-16-15-25(24-23-16)17-9-11-18(26-2)12-10-17;/h9-12,15H,3-8,13-14H2,1-2H3,(H3,20,21,22);1H. The topological polar surface area (TPSA) is 90.3 Å². The second kappa shape index (κ2) is 13.3. The van der Waals surface area contributed by atoms with Crippen LogP contribution in [0.3, 0.4) is 0 Å². The van der Waals surface area contributed by atoms with Gasteiger partial charge in [0, 0.05) is 6.54 Å². The number of hydrogen-bond donors (Lipinski definition) is 2. The maximum absolute atomic E-state index is 5.90. The Hall–Kier alpha value is -1.84. The van der Waals surface area contributed by atoms with Crippen LogP contribution in [-0.2, 0) is 6.54 Å². The van der Waals surface area contributed by atoms with E-state index >= 15 is 0 Å². The van der Waals surface area contributed by atoms with Crippen LogP contribution in [-0.4, -0.2) is 34.6 Å². The Labute approximate surface area is 178 Å². The van der Waals surface area contributed by atoms with Crippen molar-refractivity contribution >= 4 is 29.9 Å². The summed E-state index contributed by atoms with van der Waals surface area (Å²) in [5.74, 6) is 1.26. The number of guanidine groups is 1. The summed E-state index contributed by atoms with van der Waals surface area (Å²) in [6, 6.07) is 7.63. The normalized spacial score (nSPS) is 11.1. The minimum absolute atomic E-state index is 0. The molecule has 0 spiro atoms. The number of nitrogens with one attached hydrogen (secondary N) is 1. The van der Waals surface area contributed by atoms with Crippen molar-refractivity contribution in [2.45, 2.75) is 52.0 Å². The summed E-state index contributed by atoms with van der Waals surface area (Å²) in [5.41, 5.74) is 7.59. The van der Waals surface area contributed by atoms with E-state index in [2.05, 4.69) is 27.5 Å². The second-order valence-electron chi connectivity index (χ2n) is 6.25. The molecule has 0 amide bonds. The van der Waals surface area contributed by atoms with Crippen molar-refractivity contribution in [3.63, 3.8) is 0 Å². The van der Waals surface area contributed by atoms with Crippen LogP contribution < -0.4 is 15.8 Å². The van der Waals surface area contributed by atoms with Gasteiger partial charge in [0.25, 0.3) is 0 Å². The molecule has 0 atom stereocenters. The van der Waals surface area contributed by atoms with Crippen LogP contribution in [0.5, 0.6) is 5.75 Å². The Bertz CT molecular complexity index is 671. The highest BCUT2D eigenvalue weighted by Crippen LogP contribution is 2.14. The first-order chi connectivity index (χ1) is 12.7. The first kappa shape index (κ1) is 23.2. The molecule has 0 aliphatic carbocycles. The zero-order chi connectivity index (χ0) is 18.6. The van der Waals surface area contributed by atoms with Gasteiger partial charge < -0.3 is 15.8 Å². The van der Waals surface area contributed by atoms with E-state index in [4.69, 9.17) is 10.5 Å². The number of benzene rings is 1. The summed E-state index contributed by atoms with van der Waals surface area (Å²) in [4.78, 5) is 4.32. The molecule has 1 heterocycles. The fourth-order valence-electron chi connectivity index (χ4n) is 2.58. The van der Waals surface area contributed by atoms with Crippen molar-refractivity contribution in [3.8, 4) is 11.4 Å². The number of rotatable bonds is 11. The molecule has 0 bridgehead atoms. The first-order valence-corrected chi connectivity index (χ1v) is 9.32. The Morgan fingerprint density at radius 2 is 1.85 bits per heavy atom. The van der Waals surface area contributed by atoms with Gasteiger partial charge in [-0.05, 0) is 30.7 Å². The molecule has 27 heavy (non-hydrogen) atoms. The molecular weight excluding hydrogens is 455 g/mol. The predicted octanol–water partition coefficient (Wildman–Crippen LogP) is 3.66. The highest BCUT2D eigenvalue weighted by atomic mass is 127. The van der Waals surface area contributed by atoms with E-state index < -0.39 is 0 Å². The highest BCUT2D eigenvalue weighted by Gasteiger charge is 2.03. The number of hydrogen-bond acceptors (Lipinski definition) is 4. The Balaban J connectivity index is 0.00000364. The van der Waals surface area contributed by atoms with Crippen molar-refractivity contribution in [1.82, 2.24) is 20.3 Å². The molecule has 2 aromatic rings. The van der Waals surface area contributed by atoms with Crippen LogP contribution in [0.1, 0.15) is 51.1 Å². The van der Waals surface area contributed by atoms with Crippen molar-refractivity contribution in [2.24, 2.45) is 10.7 Å². The van der Waals surface area contributed by atoms with Crippen molar-refractivity contribution in [1.29, 1.82) is 0 Å². The van der Waals surface area contributed by atoms with Gasteiger partial charge in [0.05, 0.1) is 25.5 Å². The van der Waals surface area contributed by atoms with Gasteiger partial charge in [-0.25, -0.2) is 9.67 Å². The maximum Gasteiger partial charge on any atom is 0.188 e. The van der Waals surface area contributed by atoms with Crippen molar-refractivity contribution < 1.29 is 4.74 Å². The summed E-state index contributed by atoms with van der Waals surface area (Å²) in [5, 5.41) is 11.4. The summed E-state index contributed by atoms with van der Waals surface area (Å²) in [7, 11) is 1.64. The van der Waals surface area contributed by atoms with E-state index in [0.29, 0.717) is 12.5 Å². The van der Waals surface area contributed by atoms with E-state index in [1.807, 2.05) is 30.5 Å². The molecule has 7 nitrogen and oxygen atoms in total. The van der Waals surface area contributed by atoms with Crippen LogP contribution in [0.25, 0.3) is 5.69 Å². The largest absolute Gasteiger partial charge is 0.497 e. The molecule has 3 N–H and O–H groups in total. The number of nitrogens with zero attached hydrogens (tertiary/aromatic N) is 4. The third-order valence-electron chi connectivity index (χ3n) is 4.13. The lowest BCUT2D eigenvalue weighted by Crippen LogP contribution is -2.32. The van der Waals surface area contributed by atoms with Gasteiger partial charge >= 0.3 is 0 Å². The molecule has 0 saturated carbocycles. The van der Waals surface area contributed by atoms with Gasteiger partial charge in [0.1, 0.15) is 11.4 Å². The number of aliphatic imine (C=N–C) groups is 1. The first-order valence-electron chi connectivity index (χ1n) is 9.32. The van der Waals surface area contributed by atoms with Crippen LogP contribution in [0.2, 0.25) is 0 Å². The molecule has 1 aromatic heterocycles. The fourth-order valence-corrected chi connectivity index (χ4v) is 2.58. The van der Waals surface area contributed by atoms with Gasteiger partial charge in [-0.1, -0.05) is 44.2 Å². The number of halogens is 1. The average molecular weight is 486 g/mol. The Morgan fingerprint density at radius 3 is 2.56 bits per heavy atom. The predicted molar refractivity (Wildman–Crippen MR) is 120 cm³/mol. The van der Waals surface area contributed by atoms with E-state index in [1.54, 1.807) is 11.8 Å². The molecule has 150 valence electrons. The summed E-state index contributed by atoms with van der Waals surface area (Å²) < 4.78 is 6.87. The number of methoxy groups -OCH3 is 1. The zero-order valence-corrected chi connectivity index (χ0v) is 18.6. The fraction of sp³-hybridized carbons (Fsp3) is 0.526. The lowest BCUT2D eigenvalue weighted by atomic mass is 10.1. The van der Waals surface area contributed by atoms with E-state index in [-0.39, 0.29) is 24.0 Å². The third kappa shape index (κ3) is 8.59. The molecule has 0 unspecified atom stereocenters. The average Bonchev–Trinajstić information content (AvgIpc) is 3.15. The van der Waals surface area contributed by atoms with Gasteiger partial charge in [-0.15, -0.1) is 29.1 Å². The molecule has 0 fully saturated rings. The summed E-state index contributed by atoms with van der Waals surface area (Å²) >= 11 is 0. The quantitative estimate of drug-likeness (QED) is 0.219. The van der Waals surface area contributed by atoms with Crippen LogP contribution in [0, 0.1) is 0 Å². The summed E-state index contributed by atoms with van der Waals surface area (Å²) in [6.45, 7) is 3.50. The maximum atomic E-state index is 5.90. The number of nitrogens with two attached hydrogens (primary N) is 1. The van der Waals surface area contributed by atoms with Crippen LogP contribution in [0.15, 0.2) is 35.5 Å². The van der Waals surface area contributed by atoms with Crippen molar-refractivity contribution in [3.05, 3.63) is 36.2 Å².